The van der Waals surface area contributed by atoms with Gasteiger partial charge in [0, 0.05) is 11.8 Å². The third-order valence-electron chi connectivity index (χ3n) is 3.54. The van der Waals surface area contributed by atoms with Crippen molar-refractivity contribution in [3.05, 3.63) is 70.7 Å². The summed E-state index contributed by atoms with van der Waals surface area (Å²) in [6.45, 7) is 1.64. The SMILES string of the molecule is CCC(=O)O/N=c1\oc2ccccc2cc1C(=O)Nc1ccccc1Cl. The maximum absolute atomic E-state index is 12.7. The fourth-order valence-electron chi connectivity index (χ4n) is 2.21. The molecule has 0 fully saturated rings. The van der Waals surface area contributed by atoms with Crippen molar-refractivity contribution in [1.82, 2.24) is 0 Å². The number of nitrogens with one attached hydrogen (secondary N) is 1. The molecule has 0 saturated heterocycles. The molecular weight excluding hydrogens is 356 g/mol. The summed E-state index contributed by atoms with van der Waals surface area (Å²) in [6.07, 6.45) is 0.151. The van der Waals surface area contributed by atoms with Crippen LogP contribution in [0, 0.1) is 0 Å². The number of hydrogen-bond acceptors (Lipinski definition) is 5. The third kappa shape index (κ3) is 3.92. The Labute approximate surface area is 154 Å². The number of halogens is 1. The average molecular weight is 371 g/mol. The van der Waals surface area contributed by atoms with Gasteiger partial charge in [-0.2, -0.15) is 0 Å². The highest BCUT2D eigenvalue weighted by Crippen LogP contribution is 2.21. The topological polar surface area (TPSA) is 80.9 Å². The lowest BCUT2D eigenvalue weighted by Crippen LogP contribution is -2.22. The van der Waals surface area contributed by atoms with Crippen LogP contribution in [0.4, 0.5) is 5.69 Å². The van der Waals surface area contributed by atoms with E-state index in [9.17, 15) is 9.59 Å². The van der Waals surface area contributed by atoms with Gasteiger partial charge in [-0.1, -0.05) is 48.9 Å². The quantitative estimate of drug-likeness (QED) is 0.553. The summed E-state index contributed by atoms with van der Waals surface area (Å²) in [5, 5.41) is 7.51. The van der Waals surface area contributed by atoms with Crippen LogP contribution in [0.1, 0.15) is 23.7 Å². The molecule has 0 spiro atoms. The monoisotopic (exact) mass is 370 g/mol. The molecule has 0 aliphatic heterocycles. The van der Waals surface area contributed by atoms with Crippen molar-refractivity contribution in [3.8, 4) is 0 Å². The van der Waals surface area contributed by atoms with E-state index in [1.165, 1.54) is 0 Å². The van der Waals surface area contributed by atoms with Gasteiger partial charge < -0.3 is 14.6 Å². The fraction of sp³-hybridized carbons (Fsp3) is 0.105. The second-order valence-corrected chi connectivity index (χ2v) is 5.75. The van der Waals surface area contributed by atoms with Crippen LogP contribution in [0.2, 0.25) is 5.02 Å². The van der Waals surface area contributed by atoms with E-state index < -0.39 is 11.9 Å². The normalized spacial score (nSPS) is 11.4. The molecule has 6 nitrogen and oxygen atoms in total. The number of amides is 1. The highest BCUT2D eigenvalue weighted by molar-refractivity contribution is 6.33. The second-order valence-electron chi connectivity index (χ2n) is 5.35. The number of fused-ring (bicyclic) bond motifs is 1. The molecule has 26 heavy (non-hydrogen) atoms. The van der Waals surface area contributed by atoms with Gasteiger partial charge in [-0.25, -0.2) is 4.79 Å². The van der Waals surface area contributed by atoms with Crippen LogP contribution in [0.25, 0.3) is 11.0 Å². The molecule has 1 aromatic heterocycles. The van der Waals surface area contributed by atoms with Crippen LogP contribution >= 0.6 is 11.6 Å². The smallest absolute Gasteiger partial charge is 0.334 e. The Kier molecular flexibility index (Phi) is 5.34. The van der Waals surface area contributed by atoms with Crippen molar-refractivity contribution in [2.45, 2.75) is 13.3 Å². The standard InChI is InChI=1S/C19H15ClN2O4/c1-2-17(23)26-22-19-13(11-12-7-3-6-10-16(12)25-19)18(24)21-15-9-5-4-8-14(15)20/h3-11H,2H2,1H3,(H,21,24)/b22-19-. The maximum atomic E-state index is 12.7. The van der Waals surface area contributed by atoms with E-state index in [0.717, 1.165) is 0 Å². The van der Waals surface area contributed by atoms with Gasteiger partial charge in [0.25, 0.3) is 11.5 Å². The van der Waals surface area contributed by atoms with E-state index in [4.69, 9.17) is 20.9 Å². The van der Waals surface area contributed by atoms with Gasteiger partial charge in [-0.3, -0.25) is 4.79 Å². The zero-order chi connectivity index (χ0) is 18.5. The molecule has 0 aliphatic rings. The first-order valence-corrected chi connectivity index (χ1v) is 8.29. The van der Waals surface area contributed by atoms with Crippen molar-refractivity contribution in [2.24, 2.45) is 5.16 Å². The average Bonchev–Trinajstić information content (AvgIpc) is 2.67. The Morgan fingerprint density at radius 1 is 1.15 bits per heavy atom. The zero-order valence-corrected chi connectivity index (χ0v) is 14.6. The lowest BCUT2D eigenvalue weighted by Gasteiger charge is -2.08. The van der Waals surface area contributed by atoms with E-state index in [2.05, 4.69) is 10.5 Å². The Balaban J connectivity index is 2.05. The van der Waals surface area contributed by atoms with Crippen LogP contribution in [0.5, 0.6) is 0 Å². The van der Waals surface area contributed by atoms with Gasteiger partial charge in [0.1, 0.15) is 11.1 Å². The highest BCUT2D eigenvalue weighted by Gasteiger charge is 2.15. The molecule has 3 rings (SSSR count). The number of para-hydroxylation sites is 2. The number of benzene rings is 2. The number of carbonyl (C=O) groups excluding carboxylic acids is 2. The predicted molar refractivity (Wildman–Crippen MR) is 97.6 cm³/mol. The molecule has 0 bridgehead atoms. The lowest BCUT2D eigenvalue weighted by molar-refractivity contribution is -0.144. The first-order chi connectivity index (χ1) is 12.6. The van der Waals surface area contributed by atoms with Crippen molar-refractivity contribution in [1.29, 1.82) is 0 Å². The molecule has 132 valence electrons. The molecule has 1 amide bonds. The summed E-state index contributed by atoms with van der Waals surface area (Å²) in [7, 11) is 0. The number of rotatable bonds is 4. The molecule has 1 N–H and O–H groups in total. The van der Waals surface area contributed by atoms with Gasteiger partial charge in [0.15, 0.2) is 0 Å². The fourth-order valence-corrected chi connectivity index (χ4v) is 2.39. The minimum absolute atomic E-state index is 0.102. The van der Waals surface area contributed by atoms with Gasteiger partial charge in [-0.05, 0) is 29.4 Å². The van der Waals surface area contributed by atoms with Crippen LogP contribution in [0.3, 0.4) is 0 Å². The lowest BCUT2D eigenvalue weighted by atomic mass is 10.1. The Morgan fingerprint density at radius 3 is 2.65 bits per heavy atom. The maximum Gasteiger partial charge on any atom is 0.334 e. The molecule has 0 saturated carbocycles. The van der Waals surface area contributed by atoms with E-state index in [1.807, 2.05) is 6.07 Å². The summed E-state index contributed by atoms with van der Waals surface area (Å²) < 4.78 is 5.64. The third-order valence-corrected chi connectivity index (χ3v) is 3.87. The summed E-state index contributed by atoms with van der Waals surface area (Å²) in [6, 6.07) is 15.6. The summed E-state index contributed by atoms with van der Waals surface area (Å²) in [5.41, 5.74) is 0.972. The van der Waals surface area contributed by atoms with Gasteiger partial charge in [0.05, 0.1) is 10.7 Å². The number of nitrogens with zero attached hydrogens (tertiary/aromatic N) is 1. The molecular formula is C19H15ClN2O4. The van der Waals surface area contributed by atoms with Crippen LogP contribution in [-0.2, 0) is 9.63 Å². The minimum atomic E-state index is -0.536. The number of carbonyl (C=O) groups is 2. The summed E-state index contributed by atoms with van der Waals surface area (Å²) in [4.78, 5) is 28.9. The zero-order valence-electron chi connectivity index (χ0n) is 13.9. The van der Waals surface area contributed by atoms with Crippen molar-refractivity contribution >= 4 is 40.1 Å². The van der Waals surface area contributed by atoms with Gasteiger partial charge in [-0.15, -0.1) is 0 Å². The molecule has 7 heteroatoms. The Hall–Kier alpha value is -3.12. The second kappa shape index (κ2) is 7.84. The van der Waals surface area contributed by atoms with E-state index >= 15 is 0 Å². The minimum Gasteiger partial charge on any atom is -0.435 e. The van der Waals surface area contributed by atoms with Crippen molar-refractivity contribution < 1.29 is 18.8 Å². The predicted octanol–water partition coefficient (Wildman–Crippen LogP) is 4.11. The van der Waals surface area contributed by atoms with Crippen molar-refractivity contribution in [2.75, 3.05) is 5.32 Å². The first-order valence-electron chi connectivity index (χ1n) is 7.91. The van der Waals surface area contributed by atoms with Crippen LogP contribution < -0.4 is 10.9 Å². The van der Waals surface area contributed by atoms with Crippen molar-refractivity contribution in [3.63, 3.8) is 0 Å². The van der Waals surface area contributed by atoms with Crippen LogP contribution in [-0.4, -0.2) is 11.9 Å². The van der Waals surface area contributed by atoms with E-state index in [0.29, 0.717) is 21.7 Å². The largest absolute Gasteiger partial charge is 0.435 e. The highest BCUT2D eigenvalue weighted by atomic mass is 35.5. The molecule has 2 aromatic carbocycles. The molecule has 1 heterocycles. The summed E-state index contributed by atoms with van der Waals surface area (Å²) in [5.74, 6) is -1.02. The first kappa shape index (κ1) is 17.7. The number of anilines is 1. The Bertz CT molecular complexity index is 1040. The molecule has 3 aromatic rings. The molecule has 0 aliphatic carbocycles. The molecule has 0 unspecified atom stereocenters. The molecule has 0 atom stereocenters. The number of hydrogen-bond donors (Lipinski definition) is 1. The molecule has 0 radical (unpaired) electrons. The van der Waals surface area contributed by atoms with E-state index in [1.54, 1.807) is 55.5 Å². The van der Waals surface area contributed by atoms with Gasteiger partial charge >= 0.3 is 5.97 Å². The van der Waals surface area contributed by atoms with Crippen LogP contribution in [0.15, 0.2) is 64.2 Å². The Morgan fingerprint density at radius 2 is 1.88 bits per heavy atom. The van der Waals surface area contributed by atoms with E-state index in [-0.39, 0.29) is 17.5 Å². The van der Waals surface area contributed by atoms with Gasteiger partial charge in [0.2, 0.25) is 0 Å². The summed E-state index contributed by atoms with van der Waals surface area (Å²) >= 11 is 6.08.